The highest BCUT2D eigenvalue weighted by molar-refractivity contribution is 5.92. The van der Waals surface area contributed by atoms with Crippen LogP contribution in [0.1, 0.15) is 43.1 Å². The quantitative estimate of drug-likeness (QED) is 0.819. The second kappa shape index (κ2) is 7.02. The van der Waals surface area contributed by atoms with Crippen molar-refractivity contribution in [2.24, 2.45) is 0 Å². The minimum absolute atomic E-state index is 0.0373. The molecule has 2 atom stereocenters. The molecular formula is C16H23N5O3. The molecule has 0 aromatic carbocycles. The van der Waals surface area contributed by atoms with E-state index in [1.54, 1.807) is 17.2 Å². The predicted octanol–water partition coefficient (Wildman–Crippen LogP) is 0.141. The summed E-state index contributed by atoms with van der Waals surface area (Å²) in [5.74, 6) is 0.0874. The van der Waals surface area contributed by atoms with Crippen LogP contribution in [0.4, 0.5) is 0 Å². The van der Waals surface area contributed by atoms with Crippen LogP contribution in [0.15, 0.2) is 12.3 Å². The third-order valence-corrected chi connectivity index (χ3v) is 4.76. The lowest BCUT2D eigenvalue weighted by Crippen LogP contribution is -2.55. The second-order valence-electron chi connectivity index (χ2n) is 6.50. The molecule has 3 rings (SSSR count). The Labute approximate surface area is 140 Å². The first-order valence-corrected chi connectivity index (χ1v) is 8.42. The second-order valence-corrected chi connectivity index (χ2v) is 6.50. The Bertz CT molecular complexity index is 615. The summed E-state index contributed by atoms with van der Waals surface area (Å²) in [5.41, 5.74) is 0.471. The van der Waals surface area contributed by atoms with Crippen molar-refractivity contribution in [1.29, 1.82) is 0 Å². The first-order valence-electron chi connectivity index (χ1n) is 8.42. The Morgan fingerprint density at radius 2 is 2.21 bits per heavy atom. The maximum absolute atomic E-state index is 12.4. The van der Waals surface area contributed by atoms with Crippen molar-refractivity contribution < 1.29 is 14.4 Å². The van der Waals surface area contributed by atoms with Crippen LogP contribution in [0.25, 0.3) is 0 Å². The number of H-pyrrole nitrogens is 1. The fourth-order valence-corrected chi connectivity index (χ4v) is 3.37. The van der Waals surface area contributed by atoms with Crippen LogP contribution >= 0.6 is 0 Å². The third-order valence-electron chi connectivity index (χ3n) is 4.76. The van der Waals surface area contributed by atoms with Gasteiger partial charge in [-0.25, -0.2) is 0 Å². The molecule has 0 radical (unpaired) electrons. The summed E-state index contributed by atoms with van der Waals surface area (Å²) in [6.07, 6.45) is 4.05. The average molecular weight is 333 g/mol. The van der Waals surface area contributed by atoms with Crippen molar-refractivity contribution in [2.45, 2.75) is 44.7 Å². The van der Waals surface area contributed by atoms with Gasteiger partial charge in [0, 0.05) is 50.8 Å². The largest absolute Gasteiger partial charge is 0.353 e. The SMILES string of the molecule is C[C@@H]1CN(C(=O)CCC2CCC(=O)N2)CCN1C(=O)c1ccn[nH]1. The van der Waals surface area contributed by atoms with Crippen LogP contribution in [0.3, 0.4) is 0 Å². The minimum atomic E-state index is -0.0826. The maximum atomic E-state index is 12.4. The number of rotatable bonds is 4. The lowest BCUT2D eigenvalue weighted by Gasteiger charge is -2.39. The van der Waals surface area contributed by atoms with E-state index in [1.165, 1.54) is 0 Å². The number of nitrogens with zero attached hydrogens (tertiary/aromatic N) is 3. The molecule has 0 spiro atoms. The number of piperazine rings is 1. The monoisotopic (exact) mass is 333 g/mol. The molecule has 2 aliphatic rings. The molecule has 2 saturated heterocycles. The molecule has 2 fully saturated rings. The molecule has 130 valence electrons. The molecule has 8 heteroatoms. The highest BCUT2D eigenvalue weighted by Crippen LogP contribution is 2.16. The van der Waals surface area contributed by atoms with Crippen molar-refractivity contribution in [3.8, 4) is 0 Å². The van der Waals surface area contributed by atoms with Crippen LogP contribution in [0, 0.1) is 0 Å². The van der Waals surface area contributed by atoms with Gasteiger partial charge in [0.1, 0.15) is 5.69 Å². The van der Waals surface area contributed by atoms with E-state index in [0.717, 1.165) is 6.42 Å². The van der Waals surface area contributed by atoms with Gasteiger partial charge in [0.2, 0.25) is 11.8 Å². The summed E-state index contributed by atoms with van der Waals surface area (Å²) in [7, 11) is 0. The summed E-state index contributed by atoms with van der Waals surface area (Å²) < 4.78 is 0. The first-order chi connectivity index (χ1) is 11.5. The lowest BCUT2D eigenvalue weighted by molar-refractivity contribution is -0.134. The Kier molecular flexibility index (Phi) is 4.82. The number of hydrogen-bond acceptors (Lipinski definition) is 4. The fraction of sp³-hybridized carbons (Fsp3) is 0.625. The number of nitrogens with one attached hydrogen (secondary N) is 2. The van der Waals surface area contributed by atoms with Gasteiger partial charge < -0.3 is 15.1 Å². The van der Waals surface area contributed by atoms with Gasteiger partial charge in [-0.1, -0.05) is 0 Å². The fourth-order valence-electron chi connectivity index (χ4n) is 3.37. The standard InChI is InChI=1S/C16H23N5O3/c1-11-10-20(15(23)5-3-12-2-4-14(22)18-12)8-9-21(11)16(24)13-6-7-17-19-13/h6-7,11-12H,2-5,8-10H2,1H3,(H,17,19)(H,18,22)/t11-,12?/m1/s1. The van der Waals surface area contributed by atoms with Gasteiger partial charge in [-0.15, -0.1) is 0 Å². The van der Waals surface area contributed by atoms with E-state index >= 15 is 0 Å². The zero-order valence-corrected chi connectivity index (χ0v) is 13.8. The zero-order valence-electron chi connectivity index (χ0n) is 13.8. The summed E-state index contributed by atoms with van der Waals surface area (Å²) in [5, 5.41) is 9.38. The van der Waals surface area contributed by atoms with Crippen molar-refractivity contribution >= 4 is 17.7 Å². The van der Waals surface area contributed by atoms with E-state index < -0.39 is 0 Å². The van der Waals surface area contributed by atoms with E-state index in [0.29, 0.717) is 44.6 Å². The normalized spacial score (nSPS) is 24.1. The van der Waals surface area contributed by atoms with Crippen LogP contribution < -0.4 is 5.32 Å². The molecule has 24 heavy (non-hydrogen) atoms. The Hall–Kier alpha value is -2.38. The van der Waals surface area contributed by atoms with Gasteiger partial charge in [-0.3, -0.25) is 19.5 Å². The third kappa shape index (κ3) is 3.58. The van der Waals surface area contributed by atoms with Gasteiger partial charge in [-0.05, 0) is 25.8 Å². The Morgan fingerprint density at radius 3 is 2.83 bits per heavy atom. The molecule has 8 nitrogen and oxygen atoms in total. The predicted molar refractivity (Wildman–Crippen MR) is 86.1 cm³/mol. The molecule has 3 amide bonds. The summed E-state index contributed by atoms with van der Waals surface area (Å²) in [6.45, 7) is 3.55. The van der Waals surface area contributed by atoms with E-state index in [2.05, 4.69) is 15.5 Å². The number of hydrogen-bond donors (Lipinski definition) is 2. The van der Waals surface area contributed by atoms with Crippen LogP contribution in [0.2, 0.25) is 0 Å². The Morgan fingerprint density at radius 1 is 1.38 bits per heavy atom. The number of aromatic nitrogens is 2. The molecule has 2 aliphatic heterocycles. The smallest absolute Gasteiger partial charge is 0.272 e. The minimum Gasteiger partial charge on any atom is -0.353 e. The molecule has 3 heterocycles. The van der Waals surface area contributed by atoms with Gasteiger partial charge >= 0.3 is 0 Å². The number of amides is 3. The van der Waals surface area contributed by atoms with Crippen molar-refractivity contribution in [1.82, 2.24) is 25.3 Å². The molecule has 0 aliphatic carbocycles. The highest BCUT2D eigenvalue weighted by Gasteiger charge is 2.31. The molecule has 1 aromatic rings. The summed E-state index contributed by atoms with van der Waals surface area (Å²) >= 11 is 0. The van der Waals surface area contributed by atoms with Gasteiger partial charge in [0.05, 0.1) is 0 Å². The van der Waals surface area contributed by atoms with E-state index in [9.17, 15) is 14.4 Å². The van der Waals surface area contributed by atoms with Gasteiger partial charge in [0.25, 0.3) is 5.91 Å². The average Bonchev–Trinajstić information content (AvgIpc) is 3.23. The van der Waals surface area contributed by atoms with Gasteiger partial charge in [0.15, 0.2) is 0 Å². The molecule has 1 unspecified atom stereocenters. The van der Waals surface area contributed by atoms with Crippen molar-refractivity contribution in [2.75, 3.05) is 19.6 Å². The summed E-state index contributed by atoms with van der Waals surface area (Å²) in [6, 6.07) is 1.74. The highest BCUT2D eigenvalue weighted by atomic mass is 16.2. The lowest BCUT2D eigenvalue weighted by atomic mass is 10.1. The van der Waals surface area contributed by atoms with E-state index in [4.69, 9.17) is 0 Å². The van der Waals surface area contributed by atoms with E-state index in [1.807, 2.05) is 11.8 Å². The number of carbonyl (C=O) groups excluding carboxylic acids is 3. The number of carbonyl (C=O) groups is 3. The van der Waals surface area contributed by atoms with Crippen molar-refractivity contribution in [3.05, 3.63) is 18.0 Å². The maximum Gasteiger partial charge on any atom is 0.272 e. The topological polar surface area (TPSA) is 98.4 Å². The van der Waals surface area contributed by atoms with E-state index in [-0.39, 0.29) is 29.8 Å². The van der Waals surface area contributed by atoms with Crippen molar-refractivity contribution in [3.63, 3.8) is 0 Å². The van der Waals surface area contributed by atoms with Crippen LogP contribution in [-0.4, -0.2) is 69.4 Å². The van der Waals surface area contributed by atoms with Crippen LogP contribution in [0.5, 0.6) is 0 Å². The zero-order chi connectivity index (χ0) is 17.1. The molecular weight excluding hydrogens is 310 g/mol. The first kappa shape index (κ1) is 16.5. The summed E-state index contributed by atoms with van der Waals surface area (Å²) in [4.78, 5) is 39.5. The van der Waals surface area contributed by atoms with Gasteiger partial charge in [-0.2, -0.15) is 5.10 Å². The molecule has 1 aromatic heterocycles. The molecule has 0 saturated carbocycles. The molecule has 2 N–H and O–H groups in total. The number of aromatic amines is 1. The van der Waals surface area contributed by atoms with Crippen LogP contribution in [-0.2, 0) is 9.59 Å². The Balaban J connectivity index is 1.48. The molecule has 0 bridgehead atoms.